The minimum atomic E-state index is -3.91. The van der Waals surface area contributed by atoms with Crippen LogP contribution in [-0.2, 0) is 14.8 Å². The van der Waals surface area contributed by atoms with Crippen LogP contribution in [0.2, 0.25) is 0 Å². The monoisotopic (exact) mass is 443 g/mol. The SMILES string of the molecule is CCOc1ccc(OCCOC(=O)c2cc(S(N)(=O)=O)ccc2Br)cc1. The molecule has 26 heavy (non-hydrogen) atoms. The van der Waals surface area contributed by atoms with E-state index in [1.165, 1.54) is 12.1 Å². The molecule has 0 amide bonds. The lowest BCUT2D eigenvalue weighted by atomic mass is 10.2. The number of sulfonamides is 1. The average Bonchev–Trinajstić information content (AvgIpc) is 2.59. The highest BCUT2D eigenvalue weighted by atomic mass is 79.9. The number of carbonyl (C=O) groups is 1. The molecule has 140 valence electrons. The first-order valence-electron chi connectivity index (χ1n) is 7.66. The fraction of sp³-hybridized carbons (Fsp3) is 0.235. The molecule has 2 rings (SSSR count). The smallest absolute Gasteiger partial charge is 0.339 e. The second-order valence-corrected chi connectivity index (χ2v) is 7.49. The van der Waals surface area contributed by atoms with Gasteiger partial charge in [-0.05, 0) is 65.3 Å². The number of ether oxygens (including phenoxy) is 3. The third kappa shape index (κ3) is 5.72. The molecule has 0 atom stereocenters. The van der Waals surface area contributed by atoms with Gasteiger partial charge in [0.1, 0.15) is 24.7 Å². The molecule has 0 saturated carbocycles. The van der Waals surface area contributed by atoms with Crippen LogP contribution in [0.5, 0.6) is 11.5 Å². The molecule has 0 aliphatic carbocycles. The van der Waals surface area contributed by atoms with Gasteiger partial charge >= 0.3 is 5.97 Å². The Morgan fingerprint density at radius 1 is 1.04 bits per heavy atom. The van der Waals surface area contributed by atoms with Crippen LogP contribution >= 0.6 is 15.9 Å². The summed E-state index contributed by atoms with van der Waals surface area (Å²) in [6.07, 6.45) is 0. The van der Waals surface area contributed by atoms with Crippen molar-refractivity contribution in [3.63, 3.8) is 0 Å². The molecular formula is C17H18BrNO6S. The zero-order chi connectivity index (χ0) is 19.2. The summed E-state index contributed by atoms with van der Waals surface area (Å²) in [4.78, 5) is 11.9. The highest BCUT2D eigenvalue weighted by Gasteiger charge is 2.16. The molecule has 0 aliphatic rings. The van der Waals surface area contributed by atoms with Crippen molar-refractivity contribution in [3.8, 4) is 11.5 Å². The van der Waals surface area contributed by atoms with Gasteiger partial charge in [-0.15, -0.1) is 0 Å². The van der Waals surface area contributed by atoms with E-state index in [9.17, 15) is 13.2 Å². The molecule has 0 aromatic heterocycles. The van der Waals surface area contributed by atoms with E-state index >= 15 is 0 Å². The van der Waals surface area contributed by atoms with E-state index in [2.05, 4.69) is 15.9 Å². The van der Waals surface area contributed by atoms with Crippen molar-refractivity contribution in [1.82, 2.24) is 0 Å². The molecule has 0 unspecified atom stereocenters. The lowest BCUT2D eigenvalue weighted by molar-refractivity contribution is 0.0449. The molecule has 0 heterocycles. The maximum atomic E-state index is 12.1. The summed E-state index contributed by atoms with van der Waals surface area (Å²) in [5.41, 5.74) is 0.0672. The van der Waals surface area contributed by atoms with Crippen molar-refractivity contribution in [3.05, 3.63) is 52.5 Å². The molecule has 7 nitrogen and oxygen atoms in total. The first-order valence-corrected chi connectivity index (χ1v) is 10.0. The third-order valence-electron chi connectivity index (χ3n) is 3.21. The van der Waals surface area contributed by atoms with Gasteiger partial charge in [0, 0.05) is 4.47 Å². The molecule has 0 aliphatic heterocycles. The van der Waals surface area contributed by atoms with Crippen LogP contribution in [0.3, 0.4) is 0 Å². The van der Waals surface area contributed by atoms with Gasteiger partial charge in [0.15, 0.2) is 0 Å². The molecule has 0 saturated heterocycles. The molecule has 2 aromatic carbocycles. The molecular weight excluding hydrogens is 426 g/mol. The summed E-state index contributed by atoms with van der Waals surface area (Å²) in [7, 11) is -3.91. The minimum absolute atomic E-state index is 0.00190. The van der Waals surface area contributed by atoms with E-state index in [-0.39, 0.29) is 23.7 Å². The third-order valence-corrected chi connectivity index (χ3v) is 4.81. The van der Waals surface area contributed by atoms with Gasteiger partial charge in [0.25, 0.3) is 0 Å². The largest absolute Gasteiger partial charge is 0.494 e. The maximum Gasteiger partial charge on any atom is 0.339 e. The number of carbonyl (C=O) groups excluding carboxylic acids is 1. The van der Waals surface area contributed by atoms with Crippen LogP contribution < -0.4 is 14.6 Å². The van der Waals surface area contributed by atoms with E-state index in [1.807, 2.05) is 6.92 Å². The summed E-state index contributed by atoms with van der Waals surface area (Å²) >= 11 is 3.18. The Morgan fingerprint density at radius 3 is 2.23 bits per heavy atom. The van der Waals surface area contributed by atoms with Crippen LogP contribution in [0.15, 0.2) is 51.8 Å². The Hall–Kier alpha value is -2.10. The number of benzene rings is 2. The zero-order valence-corrected chi connectivity index (χ0v) is 16.4. The first-order chi connectivity index (χ1) is 12.3. The molecule has 0 spiro atoms. The summed E-state index contributed by atoms with van der Waals surface area (Å²) in [6, 6.07) is 10.9. The van der Waals surface area contributed by atoms with Gasteiger partial charge in [-0.3, -0.25) is 0 Å². The van der Waals surface area contributed by atoms with Gasteiger partial charge in [-0.1, -0.05) is 0 Å². The number of esters is 1. The van der Waals surface area contributed by atoms with E-state index < -0.39 is 16.0 Å². The number of nitrogens with two attached hydrogens (primary N) is 1. The predicted molar refractivity (Wildman–Crippen MR) is 98.9 cm³/mol. The summed E-state index contributed by atoms with van der Waals surface area (Å²) in [5, 5.41) is 5.07. The maximum absolute atomic E-state index is 12.1. The van der Waals surface area contributed by atoms with Crippen LogP contribution in [0.1, 0.15) is 17.3 Å². The summed E-state index contributed by atoms with van der Waals surface area (Å²) in [5.74, 6) is 0.672. The molecule has 0 bridgehead atoms. The van der Waals surface area contributed by atoms with Crippen molar-refractivity contribution in [2.75, 3.05) is 19.8 Å². The Morgan fingerprint density at radius 2 is 1.65 bits per heavy atom. The van der Waals surface area contributed by atoms with E-state index in [4.69, 9.17) is 19.3 Å². The van der Waals surface area contributed by atoms with E-state index in [0.29, 0.717) is 16.8 Å². The first kappa shape index (κ1) is 20.2. The predicted octanol–water partition coefficient (Wildman–Crippen LogP) is 2.73. The zero-order valence-electron chi connectivity index (χ0n) is 14.0. The topological polar surface area (TPSA) is 105 Å². The standard InChI is InChI=1S/C17H18BrNO6S/c1-2-23-12-3-5-13(6-4-12)24-9-10-25-17(20)15-11-14(26(19,21)22)7-8-16(15)18/h3-8,11H,2,9-10H2,1H3,(H2,19,21,22). The number of hydrogen-bond acceptors (Lipinski definition) is 6. The fourth-order valence-electron chi connectivity index (χ4n) is 2.01. The molecule has 0 radical (unpaired) electrons. The summed E-state index contributed by atoms with van der Waals surface area (Å²) < 4.78 is 39.1. The van der Waals surface area contributed by atoms with Gasteiger partial charge in [-0.2, -0.15) is 0 Å². The van der Waals surface area contributed by atoms with Crippen LogP contribution in [0, 0.1) is 0 Å². The van der Waals surface area contributed by atoms with Crippen molar-refractivity contribution in [2.24, 2.45) is 5.14 Å². The molecule has 2 N–H and O–H groups in total. The number of primary sulfonamides is 1. The number of halogens is 1. The Kier molecular flexibility index (Phi) is 7.01. The van der Waals surface area contributed by atoms with Crippen LogP contribution in [0.4, 0.5) is 0 Å². The lowest BCUT2D eigenvalue weighted by Gasteiger charge is -2.10. The Bertz CT molecular complexity index is 867. The number of hydrogen-bond donors (Lipinski definition) is 1. The van der Waals surface area contributed by atoms with Gasteiger partial charge in [0.05, 0.1) is 17.1 Å². The fourth-order valence-corrected chi connectivity index (χ4v) is 2.96. The van der Waals surface area contributed by atoms with Crippen LogP contribution in [0.25, 0.3) is 0 Å². The van der Waals surface area contributed by atoms with Gasteiger partial charge in [-0.25, -0.2) is 18.4 Å². The second-order valence-electron chi connectivity index (χ2n) is 5.08. The van der Waals surface area contributed by atoms with Crippen molar-refractivity contribution >= 4 is 31.9 Å². The van der Waals surface area contributed by atoms with Crippen molar-refractivity contribution in [2.45, 2.75) is 11.8 Å². The Balaban J connectivity index is 1.89. The Labute approximate surface area is 160 Å². The van der Waals surface area contributed by atoms with Crippen molar-refractivity contribution in [1.29, 1.82) is 0 Å². The van der Waals surface area contributed by atoms with E-state index in [1.54, 1.807) is 24.3 Å². The molecule has 0 fully saturated rings. The highest BCUT2D eigenvalue weighted by Crippen LogP contribution is 2.21. The van der Waals surface area contributed by atoms with Gasteiger partial charge in [0.2, 0.25) is 10.0 Å². The van der Waals surface area contributed by atoms with Gasteiger partial charge < -0.3 is 14.2 Å². The van der Waals surface area contributed by atoms with Crippen LogP contribution in [-0.4, -0.2) is 34.2 Å². The minimum Gasteiger partial charge on any atom is -0.494 e. The summed E-state index contributed by atoms with van der Waals surface area (Å²) in [6.45, 7) is 2.62. The molecule has 2 aromatic rings. The molecule has 9 heteroatoms. The normalized spacial score (nSPS) is 11.0. The lowest BCUT2D eigenvalue weighted by Crippen LogP contribution is -2.15. The second kappa shape index (κ2) is 9.02. The average molecular weight is 444 g/mol. The highest BCUT2D eigenvalue weighted by molar-refractivity contribution is 9.10. The van der Waals surface area contributed by atoms with Crippen molar-refractivity contribution < 1.29 is 27.4 Å². The quantitative estimate of drug-likeness (QED) is 0.496. The van der Waals surface area contributed by atoms with E-state index in [0.717, 1.165) is 11.8 Å². The number of rotatable bonds is 8.